The first-order valence-corrected chi connectivity index (χ1v) is 11.7. The van der Waals surface area contributed by atoms with E-state index in [9.17, 15) is 4.79 Å². The molecule has 0 saturated carbocycles. The van der Waals surface area contributed by atoms with Crippen LogP contribution < -0.4 is 0 Å². The van der Waals surface area contributed by atoms with Crippen molar-refractivity contribution in [1.82, 2.24) is 4.98 Å². The predicted octanol–water partition coefficient (Wildman–Crippen LogP) is 6.99. The molecule has 0 radical (unpaired) electrons. The number of ether oxygens (including phenoxy) is 1. The minimum Gasteiger partial charge on any atom is -0.462 e. The van der Waals surface area contributed by atoms with Crippen molar-refractivity contribution in [3.8, 4) is 0 Å². The molecule has 0 spiro atoms. The molecule has 4 aromatic carbocycles. The van der Waals surface area contributed by atoms with E-state index in [-0.39, 0.29) is 5.97 Å². The van der Waals surface area contributed by atoms with Crippen LogP contribution in [0.1, 0.15) is 46.4 Å². The third-order valence-corrected chi connectivity index (χ3v) is 7.06. The lowest BCUT2D eigenvalue weighted by atomic mass is 9.78. The SMILES string of the molecule is CCOC(=O)c1cnc(C2CCc3ccc4c(ccc5ccccc54)c3C2)c2ccccc12. The molecule has 0 bridgehead atoms. The van der Waals surface area contributed by atoms with Crippen LogP contribution in [0.25, 0.3) is 32.3 Å². The molecule has 3 nitrogen and oxygen atoms in total. The van der Waals surface area contributed by atoms with Gasteiger partial charge in [-0.2, -0.15) is 0 Å². The van der Waals surface area contributed by atoms with Crippen LogP contribution in [0.15, 0.2) is 79.0 Å². The largest absolute Gasteiger partial charge is 0.462 e. The second-order valence-electron chi connectivity index (χ2n) is 8.85. The van der Waals surface area contributed by atoms with E-state index < -0.39 is 0 Å². The molecule has 1 unspecified atom stereocenters. The summed E-state index contributed by atoms with van der Waals surface area (Å²) in [5.74, 6) is 0.00956. The van der Waals surface area contributed by atoms with E-state index in [1.165, 1.54) is 32.7 Å². The van der Waals surface area contributed by atoms with E-state index in [4.69, 9.17) is 9.72 Å². The number of pyridine rings is 1. The van der Waals surface area contributed by atoms with Crippen molar-refractivity contribution < 1.29 is 9.53 Å². The summed E-state index contributed by atoms with van der Waals surface area (Å²) in [4.78, 5) is 17.3. The quantitative estimate of drug-likeness (QED) is 0.228. The van der Waals surface area contributed by atoms with E-state index in [1.807, 2.05) is 25.1 Å². The summed E-state index contributed by atoms with van der Waals surface area (Å²) in [5, 5.41) is 7.24. The lowest BCUT2D eigenvalue weighted by Gasteiger charge is -2.27. The summed E-state index contributed by atoms with van der Waals surface area (Å²) in [5.41, 5.74) is 4.52. The maximum Gasteiger partial charge on any atom is 0.340 e. The Morgan fingerprint density at radius 2 is 1.64 bits per heavy atom. The maximum atomic E-state index is 12.5. The van der Waals surface area contributed by atoms with Gasteiger partial charge >= 0.3 is 5.97 Å². The Morgan fingerprint density at radius 3 is 2.48 bits per heavy atom. The fourth-order valence-corrected chi connectivity index (χ4v) is 5.49. The molecule has 0 N–H and O–H groups in total. The van der Waals surface area contributed by atoms with Crippen LogP contribution in [-0.2, 0) is 17.6 Å². The second-order valence-corrected chi connectivity index (χ2v) is 8.85. The molecule has 1 heterocycles. The van der Waals surface area contributed by atoms with Crippen LogP contribution in [0.3, 0.4) is 0 Å². The lowest BCUT2D eigenvalue weighted by Crippen LogP contribution is -2.16. The van der Waals surface area contributed by atoms with E-state index in [0.717, 1.165) is 35.7 Å². The summed E-state index contributed by atoms with van der Waals surface area (Å²) < 4.78 is 5.27. The van der Waals surface area contributed by atoms with E-state index in [0.29, 0.717) is 18.1 Å². The number of esters is 1. The number of hydrogen-bond donors (Lipinski definition) is 0. The summed E-state index contributed by atoms with van der Waals surface area (Å²) in [6.07, 6.45) is 4.77. The zero-order valence-electron chi connectivity index (χ0n) is 18.7. The van der Waals surface area contributed by atoms with Gasteiger partial charge in [-0.25, -0.2) is 4.79 Å². The molecular formula is C30H25NO2. The number of hydrogen-bond acceptors (Lipinski definition) is 3. The highest BCUT2D eigenvalue weighted by Crippen LogP contribution is 2.39. The van der Waals surface area contributed by atoms with Crippen LogP contribution in [0, 0.1) is 0 Å². The van der Waals surface area contributed by atoms with Gasteiger partial charge in [0.15, 0.2) is 0 Å². The van der Waals surface area contributed by atoms with Gasteiger partial charge in [0, 0.05) is 17.5 Å². The van der Waals surface area contributed by atoms with E-state index in [2.05, 4.69) is 54.6 Å². The number of rotatable bonds is 3. The van der Waals surface area contributed by atoms with Crippen molar-refractivity contribution in [2.75, 3.05) is 6.61 Å². The van der Waals surface area contributed by atoms with Crippen LogP contribution in [0.2, 0.25) is 0 Å². The van der Waals surface area contributed by atoms with Crippen molar-refractivity contribution in [2.45, 2.75) is 32.1 Å². The smallest absolute Gasteiger partial charge is 0.340 e. The molecule has 0 aliphatic heterocycles. The molecule has 3 heteroatoms. The number of fused-ring (bicyclic) bond motifs is 6. The minimum atomic E-state index is -0.306. The summed E-state index contributed by atoms with van der Waals surface area (Å²) in [7, 11) is 0. The molecule has 1 atom stereocenters. The minimum absolute atomic E-state index is 0.306. The van der Waals surface area contributed by atoms with E-state index >= 15 is 0 Å². The Kier molecular flexibility index (Phi) is 4.83. The molecule has 162 valence electrons. The topological polar surface area (TPSA) is 39.2 Å². The second kappa shape index (κ2) is 8.00. The van der Waals surface area contributed by atoms with Crippen LogP contribution in [0.5, 0.6) is 0 Å². The molecular weight excluding hydrogens is 406 g/mol. The van der Waals surface area contributed by atoms with Crippen molar-refractivity contribution in [2.24, 2.45) is 0 Å². The Labute approximate surface area is 193 Å². The standard InChI is InChI=1S/C30H25NO2/c1-2-33-30(32)28-18-31-29(26-10-6-5-9-23(26)28)21-12-11-20-14-15-24-22-8-4-3-7-19(22)13-16-25(24)27(20)17-21/h3-10,13-16,18,21H,2,11-12,17H2,1H3. The van der Waals surface area contributed by atoms with Crippen LogP contribution in [-0.4, -0.2) is 17.6 Å². The number of aromatic nitrogens is 1. The third-order valence-electron chi connectivity index (χ3n) is 7.06. The fourth-order valence-electron chi connectivity index (χ4n) is 5.49. The first kappa shape index (κ1) is 19.9. The number of aryl methyl sites for hydroxylation is 1. The monoisotopic (exact) mass is 431 g/mol. The molecule has 0 saturated heterocycles. The van der Waals surface area contributed by atoms with Gasteiger partial charge in [0.25, 0.3) is 0 Å². The first-order valence-electron chi connectivity index (χ1n) is 11.7. The van der Waals surface area contributed by atoms with E-state index in [1.54, 1.807) is 6.20 Å². The highest BCUT2D eigenvalue weighted by molar-refractivity contribution is 6.09. The van der Waals surface area contributed by atoms with Gasteiger partial charge in [0.05, 0.1) is 17.9 Å². The van der Waals surface area contributed by atoms with Crippen molar-refractivity contribution >= 4 is 38.3 Å². The normalized spacial score (nSPS) is 15.6. The van der Waals surface area contributed by atoms with Gasteiger partial charge in [-0.05, 0) is 64.2 Å². The predicted molar refractivity (Wildman–Crippen MR) is 134 cm³/mol. The van der Waals surface area contributed by atoms with Crippen molar-refractivity contribution in [3.05, 3.63) is 101 Å². The molecule has 1 aliphatic rings. The molecule has 0 amide bonds. The number of benzene rings is 4. The van der Waals surface area contributed by atoms with Gasteiger partial charge in [0.2, 0.25) is 0 Å². The molecule has 1 aromatic heterocycles. The van der Waals surface area contributed by atoms with Crippen molar-refractivity contribution in [3.63, 3.8) is 0 Å². The van der Waals surface area contributed by atoms with Gasteiger partial charge in [-0.1, -0.05) is 72.8 Å². The Bertz CT molecular complexity index is 1540. The zero-order valence-corrected chi connectivity index (χ0v) is 18.7. The number of nitrogens with zero attached hydrogens (tertiary/aromatic N) is 1. The number of carbonyl (C=O) groups excluding carboxylic acids is 1. The highest BCUT2D eigenvalue weighted by atomic mass is 16.5. The zero-order chi connectivity index (χ0) is 22.4. The highest BCUT2D eigenvalue weighted by Gasteiger charge is 2.26. The molecule has 33 heavy (non-hydrogen) atoms. The maximum absolute atomic E-state index is 12.5. The molecule has 0 fully saturated rings. The lowest BCUT2D eigenvalue weighted by molar-refractivity contribution is 0.0528. The molecule has 6 rings (SSSR count). The average molecular weight is 432 g/mol. The molecule has 5 aromatic rings. The Balaban J connectivity index is 1.47. The Morgan fingerprint density at radius 1 is 0.879 bits per heavy atom. The van der Waals surface area contributed by atoms with Gasteiger partial charge in [0.1, 0.15) is 0 Å². The fraction of sp³-hybridized carbons (Fsp3) is 0.200. The van der Waals surface area contributed by atoms with Crippen LogP contribution in [0.4, 0.5) is 0 Å². The summed E-state index contributed by atoms with van der Waals surface area (Å²) in [6, 6.07) is 25.8. The third kappa shape index (κ3) is 3.27. The van der Waals surface area contributed by atoms with Crippen molar-refractivity contribution in [1.29, 1.82) is 0 Å². The van der Waals surface area contributed by atoms with Gasteiger partial charge in [-0.3, -0.25) is 4.98 Å². The molecule has 1 aliphatic carbocycles. The number of carbonyl (C=O) groups is 1. The first-order chi connectivity index (χ1) is 16.2. The summed E-state index contributed by atoms with van der Waals surface area (Å²) >= 11 is 0. The Hall–Kier alpha value is -3.72. The van der Waals surface area contributed by atoms with Crippen LogP contribution >= 0.6 is 0 Å². The summed E-state index contributed by atoms with van der Waals surface area (Å²) in [6.45, 7) is 2.19. The van der Waals surface area contributed by atoms with Gasteiger partial charge in [-0.15, -0.1) is 0 Å². The van der Waals surface area contributed by atoms with Gasteiger partial charge < -0.3 is 4.74 Å². The average Bonchev–Trinajstić information content (AvgIpc) is 2.87.